The quantitative estimate of drug-likeness (QED) is 0.834. The van der Waals surface area contributed by atoms with Crippen LogP contribution in [0, 0.1) is 5.92 Å². The number of rotatable bonds is 4. The van der Waals surface area contributed by atoms with Gasteiger partial charge in [-0.25, -0.2) is 0 Å². The molecule has 0 aliphatic heterocycles. The van der Waals surface area contributed by atoms with Gasteiger partial charge in [0.25, 0.3) is 0 Å². The molecule has 1 aromatic carbocycles. The second-order valence-corrected chi connectivity index (χ2v) is 4.59. The maximum atomic E-state index is 6.04. The van der Waals surface area contributed by atoms with E-state index < -0.39 is 0 Å². The highest BCUT2D eigenvalue weighted by atomic mass is 35.5. The lowest BCUT2D eigenvalue weighted by molar-refractivity contribution is 0.639. The van der Waals surface area contributed by atoms with E-state index in [9.17, 15) is 0 Å². The van der Waals surface area contributed by atoms with Gasteiger partial charge in [-0.3, -0.25) is 0 Å². The van der Waals surface area contributed by atoms with E-state index >= 15 is 0 Å². The fraction of sp³-hybridized carbons (Fsp3) is 0.455. The Morgan fingerprint density at radius 2 is 1.86 bits per heavy atom. The Bertz CT molecular complexity index is 301. The van der Waals surface area contributed by atoms with Crippen molar-refractivity contribution in [2.75, 3.05) is 6.54 Å². The lowest BCUT2D eigenvalue weighted by atomic mass is 10.2. The molecule has 0 unspecified atom stereocenters. The van der Waals surface area contributed by atoms with Gasteiger partial charge in [0, 0.05) is 22.2 Å². The van der Waals surface area contributed by atoms with Crippen LogP contribution < -0.4 is 5.32 Å². The van der Waals surface area contributed by atoms with E-state index in [1.165, 1.54) is 12.8 Å². The van der Waals surface area contributed by atoms with Crippen LogP contribution in [-0.4, -0.2) is 6.54 Å². The summed E-state index contributed by atoms with van der Waals surface area (Å²) < 4.78 is 0. The first-order valence-electron chi connectivity index (χ1n) is 4.91. The average Bonchev–Trinajstić information content (AvgIpc) is 2.94. The van der Waals surface area contributed by atoms with Gasteiger partial charge in [0.05, 0.1) is 0 Å². The number of hydrogen-bond acceptors (Lipinski definition) is 1. The summed E-state index contributed by atoms with van der Waals surface area (Å²) in [6, 6.07) is 5.62. The summed E-state index contributed by atoms with van der Waals surface area (Å²) in [4.78, 5) is 0. The van der Waals surface area contributed by atoms with Gasteiger partial charge in [0.2, 0.25) is 0 Å². The smallest absolute Gasteiger partial charge is 0.0465 e. The largest absolute Gasteiger partial charge is 0.312 e. The molecule has 0 aromatic heterocycles. The molecular weight excluding hydrogens is 217 g/mol. The summed E-state index contributed by atoms with van der Waals surface area (Å²) in [6.45, 7) is 1.86. The van der Waals surface area contributed by atoms with Gasteiger partial charge in [0.1, 0.15) is 0 Å². The van der Waals surface area contributed by atoms with Crippen molar-refractivity contribution in [3.63, 3.8) is 0 Å². The Balaban J connectivity index is 1.92. The molecule has 76 valence electrons. The number of nitrogens with one attached hydrogen (secondary N) is 1. The molecule has 2 rings (SSSR count). The molecule has 0 heterocycles. The zero-order chi connectivity index (χ0) is 9.97. The monoisotopic (exact) mass is 229 g/mol. The first kappa shape index (κ1) is 10.3. The van der Waals surface area contributed by atoms with Crippen LogP contribution >= 0.6 is 23.2 Å². The molecule has 0 bridgehead atoms. The van der Waals surface area contributed by atoms with Crippen molar-refractivity contribution in [3.05, 3.63) is 33.8 Å². The standard InChI is InChI=1S/C11H13Cl2N/c12-10-2-1-3-11(13)9(10)7-14-6-8-4-5-8/h1-3,8,14H,4-7H2. The summed E-state index contributed by atoms with van der Waals surface area (Å²) in [6.07, 6.45) is 2.73. The Labute approximate surface area is 94.4 Å². The van der Waals surface area contributed by atoms with Gasteiger partial charge in [0.15, 0.2) is 0 Å². The lowest BCUT2D eigenvalue weighted by Gasteiger charge is -2.07. The van der Waals surface area contributed by atoms with Crippen LogP contribution in [0.2, 0.25) is 10.0 Å². The molecule has 0 saturated heterocycles. The van der Waals surface area contributed by atoms with Crippen molar-refractivity contribution in [2.45, 2.75) is 19.4 Å². The molecule has 1 fully saturated rings. The van der Waals surface area contributed by atoms with Crippen molar-refractivity contribution in [3.8, 4) is 0 Å². The summed E-state index contributed by atoms with van der Waals surface area (Å²) in [5.74, 6) is 0.885. The van der Waals surface area contributed by atoms with Crippen molar-refractivity contribution in [1.82, 2.24) is 5.32 Å². The summed E-state index contributed by atoms with van der Waals surface area (Å²) in [5.41, 5.74) is 1.01. The number of halogens is 2. The second-order valence-electron chi connectivity index (χ2n) is 3.77. The molecule has 0 radical (unpaired) electrons. The molecule has 14 heavy (non-hydrogen) atoms. The van der Waals surface area contributed by atoms with Crippen LogP contribution in [0.4, 0.5) is 0 Å². The maximum absolute atomic E-state index is 6.04. The topological polar surface area (TPSA) is 12.0 Å². The Morgan fingerprint density at radius 3 is 2.43 bits per heavy atom. The summed E-state index contributed by atoms with van der Waals surface area (Å²) in [7, 11) is 0. The molecule has 1 aliphatic carbocycles. The van der Waals surface area contributed by atoms with Crippen LogP contribution in [0.5, 0.6) is 0 Å². The number of benzene rings is 1. The van der Waals surface area contributed by atoms with Crippen LogP contribution in [-0.2, 0) is 6.54 Å². The molecule has 1 N–H and O–H groups in total. The van der Waals surface area contributed by atoms with E-state index in [1.54, 1.807) is 0 Å². The summed E-state index contributed by atoms with van der Waals surface area (Å²) >= 11 is 12.1. The predicted molar refractivity (Wildman–Crippen MR) is 60.9 cm³/mol. The molecule has 0 spiro atoms. The first-order valence-corrected chi connectivity index (χ1v) is 5.66. The van der Waals surface area contributed by atoms with Crippen LogP contribution in [0.25, 0.3) is 0 Å². The van der Waals surface area contributed by atoms with Crippen molar-refractivity contribution in [1.29, 1.82) is 0 Å². The van der Waals surface area contributed by atoms with E-state index in [-0.39, 0.29) is 0 Å². The zero-order valence-electron chi connectivity index (χ0n) is 7.89. The minimum atomic E-state index is 0.751. The number of hydrogen-bond donors (Lipinski definition) is 1. The van der Waals surface area contributed by atoms with Gasteiger partial charge >= 0.3 is 0 Å². The molecule has 1 saturated carbocycles. The highest BCUT2D eigenvalue weighted by Gasteiger charge is 2.20. The third-order valence-electron chi connectivity index (χ3n) is 2.49. The third kappa shape index (κ3) is 2.63. The Hall–Kier alpha value is -0.240. The van der Waals surface area contributed by atoms with Crippen molar-refractivity contribution < 1.29 is 0 Å². The van der Waals surface area contributed by atoms with Crippen molar-refractivity contribution >= 4 is 23.2 Å². The lowest BCUT2D eigenvalue weighted by Crippen LogP contribution is -2.16. The molecular formula is C11H13Cl2N. The fourth-order valence-corrected chi connectivity index (χ4v) is 1.96. The maximum Gasteiger partial charge on any atom is 0.0465 e. The molecule has 0 amide bonds. The second kappa shape index (κ2) is 4.52. The third-order valence-corrected chi connectivity index (χ3v) is 3.20. The Morgan fingerprint density at radius 1 is 1.21 bits per heavy atom. The van der Waals surface area contributed by atoms with E-state index in [2.05, 4.69) is 5.32 Å². The van der Waals surface area contributed by atoms with Gasteiger partial charge in [-0.05, 0) is 37.4 Å². The van der Waals surface area contributed by atoms with Crippen LogP contribution in [0.3, 0.4) is 0 Å². The normalized spacial score (nSPS) is 15.9. The van der Waals surface area contributed by atoms with Crippen molar-refractivity contribution in [2.24, 2.45) is 5.92 Å². The molecule has 1 aromatic rings. The van der Waals surface area contributed by atoms with Gasteiger partial charge < -0.3 is 5.32 Å². The average molecular weight is 230 g/mol. The van der Waals surface area contributed by atoms with E-state index in [0.717, 1.165) is 34.6 Å². The Kier molecular flexibility index (Phi) is 3.32. The highest BCUT2D eigenvalue weighted by molar-refractivity contribution is 6.35. The SMILES string of the molecule is Clc1cccc(Cl)c1CNCC1CC1. The molecule has 1 aliphatic rings. The van der Waals surface area contributed by atoms with Crippen LogP contribution in [0.15, 0.2) is 18.2 Å². The fourth-order valence-electron chi connectivity index (χ4n) is 1.42. The van der Waals surface area contributed by atoms with Gasteiger partial charge in [-0.15, -0.1) is 0 Å². The van der Waals surface area contributed by atoms with Gasteiger partial charge in [-0.2, -0.15) is 0 Å². The minimum absolute atomic E-state index is 0.751. The van der Waals surface area contributed by atoms with E-state index in [4.69, 9.17) is 23.2 Å². The van der Waals surface area contributed by atoms with Gasteiger partial charge in [-0.1, -0.05) is 29.3 Å². The summed E-state index contributed by atoms with van der Waals surface area (Å²) in [5, 5.41) is 4.88. The highest BCUT2D eigenvalue weighted by Crippen LogP contribution is 2.28. The predicted octanol–water partition coefficient (Wildman–Crippen LogP) is 3.49. The minimum Gasteiger partial charge on any atom is -0.312 e. The molecule has 0 atom stereocenters. The van der Waals surface area contributed by atoms with E-state index in [1.807, 2.05) is 18.2 Å². The molecule has 1 nitrogen and oxygen atoms in total. The molecule has 3 heteroatoms. The van der Waals surface area contributed by atoms with E-state index in [0.29, 0.717) is 0 Å². The zero-order valence-corrected chi connectivity index (χ0v) is 9.41. The first-order chi connectivity index (χ1) is 6.77. The van der Waals surface area contributed by atoms with Crippen LogP contribution in [0.1, 0.15) is 18.4 Å².